The summed E-state index contributed by atoms with van der Waals surface area (Å²) in [5.41, 5.74) is 1.69. The van der Waals surface area contributed by atoms with E-state index in [9.17, 15) is 4.79 Å². The van der Waals surface area contributed by atoms with Crippen molar-refractivity contribution < 1.29 is 9.53 Å². The second-order valence-electron chi connectivity index (χ2n) is 6.26. The maximum Gasteiger partial charge on any atom is 0.316 e. The average molecular weight is 361 g/mol. The lowest BCUT2D eigenvalue weighted by Gasteiger charge is -2.32. The zero-order chi connectivity index (χ0) is 17.8. The van der Waals surface area contributed by atoms with Crippen LogP contribution in [0.15, 0.2) is 36.7 Å². The predicted octanol–water partition coefficient (Wildman–Crippen LogP) is 2.88. The van der Waals surface area contributed by atoms with E-state index in [4.69, 9.17) is 16.3 Å². The monoisotopic (exact) mass is 360 g/mol. The van der Waals surface area contributed by atoms with Crippen molar-refractivity contribution >= 4 is 23.2 Å². The van der Waals surface area contributed by atoms with Gasteiger partial charge < -0.3 is 14.5 Å². The topological polar surface area (TPSA) is 58.6 Å². The fourth-order valence-corrected chi connectivity index (χ4v) is 2.93. The molecule has 1 saturated heterocycles. The lowest BCUT2D eigenvalue weighted by atomic mass is 10.1. The molecule has 1 unspecified atom stereocenters. The predicted molar refractivity (Wildman–Crippen MR) is 97.4 cm³/mol. The van der Waals surface area contributed by atoms with Crippen LogP contribution in [0.3, 0.4) is 0 Å². The molecule has 1 atom stereocenters. The highest BCUT2D eigenvalue weighted by Crippen LogP contribution is 2.20. The molecule has 1 fully saturated rings. The molecule has 6 nitrogen and oxygen atoms in total. The van der Waals surface area contributed by atoms with Crippen LogP contribution in [0.5, 0.6) is 6.01 Å². The zero-order valence-electron chi connectivity index (χ0n) is 14.4. The van der Waals surface area contributed by atoms with Crippen LogP contribution in [0.25, 0.3) is 0 Å². The van der Waals surface area contributed by atoms with Gasteiger partial charge >= 0.3 is 6.01 Å². The molecule has 132 valence electrons. The highest BCUT2D eigenvalue weighted by atomic mass is 35.5. The number of likely N-dealkylation sites (tertiary alicyclic amines) is 1. The van der Waals surface area contributed by atoms with Gasteiger partial charge in [0.2, 0.25) is 0 Å². The van der Waals surface area contributed by atoms with Gasteiger partial charge in [-0.1, -0.05) is 17.7 Å². The molecule has 3 rings (SSSR count). The number of ether oxygens (including phenoxy) is 1. The molecular formula is C18H21ClN4O2. The van der Waals surface area contributed by atoms with Gasteiger partial charge in [0.1, 0.15) is 6.10 Å². The van der Waals surface area contributed by atoms with E-state index in [1.54, 1.807) is 0 Å². The molecule has 2 heterocycles. The molecule has 0 bridgehead atoms. The van der Waals surface area contributed by atoms with Crippen molar-refractivity contribution in [2.75, 3.05) is 32.1 Å². The van der Waals surface area contributed by atoms with Crippen LogP contribution in [-0.2, 0) is 0 Å². The van der Waals surface area contributed by atoms with Crippen molar-refractivity contribution in [3.05, 3.63) is 47.2 Å². The summed E-state index contributed by atoms with van der Waals surface area (Å²) in [6, 6.07) is 7.94. The Balaban J connectivity index is 1.67. The molecule has 0 aliphatic carbocycles. The number of carbonyl (C=O) groups is 1. The number of anilines is 1. The smallest absolute Gasteiger partial charge is 0.316 e. The number of nitrogens with zero attached hydrogens (tertiary/aromatic N) is 4. The minimum atomic E-state index is -0.115. The van der Waals surface area contributed by atoms with Crippen molar-refractivity contribution in [1.82, 2.24) is 14.9 Å². The van der Waals surface area contributed by atoms with Crippen molar-refractivity contribution in [3.8, 4) is 6.01 Å². The number of halogens is 1. The summed E-state index contributed by atoms with van der Waals surface area (Å²) in [4.78, 5) is 24.7. The first-order chi connectivity index (χ1) is 12.0. The van der Waals surface area contributed by atoms with E-state index in [0.717, 1.165) is 25.1 Å². The van der Waals surface area contributed by atoms with Crippen LogP contribution in [0.4, 0.5) is 5.69 Å². The molecule has 1 aromatic heterocycles. The van der Waals surface area contributed by atoms with Gasteiger partial charge in [0.25, 0.3) is 5.91 Å². The van der Waals surface area contributed by atoms with Gasteiger partial charge in [0, 0.05) is 31.9 Å². The first kappa shape index (κ1) is 17.5. The number of carbonyl (C=O) groups excluding carboxylic acids is 1. The summed E-state index contributed by atoms with van der Waals surface area (Å²) in [6.07, 6.45) is 4.64. The van der Waals surface area contributed by atoms with E-state index in [2.05, 4.69) is 9.97 Å². The number of hydrogen-bond donors (Lipinski definition) is 0. The summed E-state index contributed by atoms with van der Waals surface area (Å²) >= 11 is 5.79. The van der Waals surface area contributed by atoms with E-state index in [1.165, 1.54) is 12.4 Å². The molecule has 1 aliphatic rings. The van der Waals surface area contributed by atoms with E-state index < -0.39 is 0 Å². The summed E-state index contributed by atoms with van der Waals surface area (Å²) in [7, 11) is 3.92. The number of benzene rings is 1. The quantitative estimate of drug-likeness (QED) is 0.839. The zero-order valence-corrected chi connectivity index (χ0v) is 15.1. The Bertz CT molecular complexity index is 736. The molecule has 0 N–H and O–H groups in total. The molecule has 0 radical (unpaired) electrons. The van der Waals surface area contributed by atoms with E-state index in [-0.39, 0.29) is 12.0 Å². The van der Waals surface area contributed by atoms with E-state index >= 15 is 0 Å². The third kappa shape index (κ3) is 4.39. The van der Waals surface area contributed by atoms with Crippen LogP contribution in [0, 0.1) is 0 Å². The minimum Gasteiger partial charge on any atom is -0.458 e. The Hall–Kier alpha value is -2.34. The van der Waals surface area contributed by atoms with E-state index in [0.29, 0.717) is 23.1 Å². The van der Waals surface area contributed by atoms with Gasteiger partial charge in [-0.25, -0.2) is 9.97 Å². The fourth-order valence-electron chi connectivity index (χ4n) is 2.83. The highest BCUT2D eigenvalue weighted by molar-refractivity contribution is 6.30. The van der Waals surface area contributed by atoms with E-state index in [1.807, 2.05) is 48.2 Å². The van der Waals surface area contributed by atoms with Crippen molar-refractivity contribution in [2.45, 2.75) is 18.9 Å². The Morgan fingerprint density at radius 1 is 1.32 bits per heavy atom. The van der Waals surface area contributed by atoms with Crippen molar-refractivity contribution in [3.63, 3.8) is 0 Å². The standard InChI is InChI=1S/C18H21ClN4O2/c1-22(2)15-6-3-5-13(9-15)17(24)23-8-4-7-16(12-23)25-18-20-10-14(19)11-21-18/h3,5-6,9-11,16H,4,7-8,12H2,1-2H3. The number of amides is 1. The second kappa shape index (κ2) is 7.70. The van der Waals surface area contributed by atoms with Crippen LogP contribution >= 0.6 is 11.6 Å². The summed E-state index contributed by atoms with van der Waals surface area (Å²) in [6.45, 7) is 1.25. The van der Waals surface area contributed by atoms with Gasteiger partial charge in [-0.2, -0.15) is 0 Å². The SMILES string of the molecule is CN(C)c1cccc(C(=O)N2CCCC(Oc3ncc(Cl)cn3)C2)c1. The largest absolute Gasteiger partial charge is 0.458 e. The highest BCUT2D eigenvalue weighted by Gasteiger charge is 2.26. The molecule has 0 spiro atoms. The summed E-state index contributed by atoms with van der Waals surface area (Å²) < 4.78 is 5.81. The molecule has 0 saturated carbocycles. The van der Waals surface area contributed by atoms with Gasteiger partial charge in [-0.05, 0) is 31.0 Å². The molecule has 25 heavy (non-hydrogen) atoms. The Morgan fingerprint density at radius 3 is 2.80 bits per heavy atom. The lowest BCUT2D eigenvalue weighted by Crippen LogP contribution is -2.44. The number of hydrogen-bond acceptors (Lipinski definition) is 5. The first-order valence-electron chi connectivity index (χ1n) is 8.24. The third-order valence-electron chi connectivity index (χ3n) is 4.14. The van der Waals surface area contributed by atoms with Crippen LogP contribution in [0.1, 0.15) is 23.2 Å². The maximum atomic E-state index is 12.8. The van der Waals surface area contributed by atoms with Crippen LogP contribution in [0.2, 0.25) is 5.02 Å². The number of aromatic nitrogens is 2. The fraction of sp³-hybridized carbons (Fsp3) is 0.389. The van der Waals surface area contributed by atoms with Crippen LogP contribution in [-0.4, -0.2) is 54.1 Å². The maximum absolute atomic E-state index is 12.8. The average Bonchev–Trinajstić information content (AvgIpc) is 2.63. The number of rotatable bonds is 4. The van der Waals surface area contributed by atoms with Crippen molar-refractivity contribution in [1.29, 1.82) is 0 Å². The van der Waals surface area contributed by atoms with Crippen LogP contribution < -0.4 is 9.64 Å². The molecular weight excluding hydrogens is 340 g/mol. The van der Waals surface area contributed by atoms with Gasteiger partial charge in [0.05, 0.1) is 24.0 Å². The molecule has 1 aromatic carbocycles. The second-order valence-corrected chi connectivity index (χ2v) is 6.70. The molecule has 2 aromatic rings. The Kier molecular flexibility index (Phi) is 5.38. The lowest BCUT2D eigenvalue weighted by molar-refractivity contribution is 0.0516. The minimum absolute atomic E-state index is 0.0222. The van der Waals surface area contributed by atoms with Gasteiger partial charge in [0.15, 0.2) is 0 Å². The molecule has 1 aliphatic heterocycles. The Labute approximate surface area is 152 Å². The summed E-state index contributed by atoms with van der Waals surface area (Å²) in [5.74, 6) is 0.0222. The Morgan fingerprint density at radius 2 is 2.08 bits per heavy atom. The van der Waals surface area contributed by atoms with Gasteiger partial charge in [-0.15, -0.1) is 0 Å². The molecule has 1 amide bonds. The normalized spacial score (nSPS) is 17.2. The first-order valence-corrected chi connectivity index (χ1v) is 8.61. The number of piperidine rings is 1. The summed E-state index contributed by atoms with van der Waals surface area (Å²) in [5, 5.41) is 0.466. The van der Waals surface area contributed by atoms with Crippen molar-refractivity contribution in [2.24, 2.45) is 0 Å². The molecule has 7 heteroatoms. The third-order valence-corrected chi connectivity index (χ3v) is 4.34. The van der Waals surface area contributed by atoms with Gasteiger partial charge in [-0.3, -0.25) is 4.79 Å².